The SMILES string of the molecule is Cc1cccc(CNc2ccccc2)c1N. The molecule has 0 heterocycles. The first-order valence-electron chi connectivity index (χ1n) is 5.40. The predicted octanol–water partition coefficient (Wildman–Crippen LogP) is 3.19. The monoisotopic (exact) mass is 212 g/mol. The number of hydrogen-bond acceptors (Lipinski definition) is 2. The maximum Gasteiger partial charge on any atom is 0.0421 e. The van der Waals surface area contributed by atoms with Gasteiger partial charge in [-0.15, -0.1) is 0 Å². The van der Waals surface area contributed by atoms with Crippen LogP contribution in [0.15, 0.2) is 48.5 Å². The standard InChI is InChI=1S/C14H16N2/c1-11-6-5-7-12(14(11)15)10-16-13-8-3-2-4-9-13/h2-9,16H,10,15H2,1H3. The quantitative estimate of drug-likeness (QED) is 0.767. The third-order valence-corrected chi connectivity index (χ3v) is 2.67. The van der Waals surface area contributed by atoms with Gasteiger partial charge in [-0.1, -0.05) is 36.4 Å². The van der Waals surface area contributed by atoms with Crippen molar-refractivity contribution >= 4 is 11.4 Å². The van der Waals surface area contributed by atoms with Gasteiger partial charge in [-0.3, -0.25) is 0 Å². The van der Waals surface area contributed by atoms with Gasteiger partial charge in [0.25, 0.3) is 0 Å². The Morgan fingerprint density at radius 1 is 1.00 bits per heavy atom. The Labute approximate surface area is 96.1 Å². The molecule has 2 rings (SSSR count). The van der Waals surface area contributed by atoms with Gasteiger partial charge in [0.2, 0.25) is 0 Å². The van der Waals surface area contributed by atoms with Gasteiger partial charge < -0.3 is 11.1 Å². The Morgan fingerprint density at radius 2 is 1.75 bits per heavy atom. The van der Waals surface area contributed by atoms with Crippen LogP contribution in [0.3, 0.4) is 0 Å². The summed E-state index contributed by atoms with van der Waals surface area (Å²) in [5.74, 6) is 0. The van der Waals surface area contributed by atoms with Crippen molar-refractivity contribution in [3.05, 3.63) is 59.7 Å². The van der Waals surface area contributed by atoms with Crippen molar-refractivity contribution < 1.29 is 0 Å². The summed E-state index contributed by atoms with van der Waals surface area (Å²) in [4.78, 5) is 0. The molecular weight excluding hydrogens is 196 g/mol. The van der Waals surface area contributed by atoms with E-state index in [9.17, 15) is 0 Å². The fourth-order valence-corrected chi connectivity index (χ4v) is 1.65. The van der Waals surface area contributed by atoms with E-state index in [1.54, 1.807) is 0 Å². The van der Waals surface area contributed by atoms with E-state index in [4.69, 9.17) is 5.73 Å². The first-order valence-corrected chi connectivity index (χ1v) is 5.40. The van der Waals surface area contributed by atoms with Crippen molar-refractivity contribution in [2.24, 2.45) is 0 Å². The van der Waals surface area contributed by atoms with Crippen LogP contribution in [0.5, 0.6) is 0 Å². The third-order valence-electron chi connectivity index (χ3n) is 2.67. The van der Waals surface area contributed by atoms with Gasteiger partial charge in [0.1, 0.15) is 0 Å². The molecule has 0 radical (unpaired) electrons. The molecule has 0 amide bonds. The van der Waals surface area contributed by atoms with E-state index in [1.807, 2.05) is 49.4 Å². The van der Waals surface area contributed by atoms with Crippen molar-refractivity contribution in [3.8, 4) is 0 Å². The Morgan fingerprint density at radius 3 is 2.50 bits per heavy atom. The lowest BCUT2D eigenvalue weighted by atomic mass is 10.1. The van der Waals surface area contributed by atoms with Crippen LogP contribution in [0.4, 0.5) is 11.4 Å². The predicted molar refractivity (Wildman–Crippen MR) is 69.4 cm³/mol. The first kappa shape index (κ1) is 10.6. The maximum atomic E-state index is 6.01. The highest BCUT2D eigenvalue weighted by molar-refractivity contribution is 5.55. The fraction of sp³-hybridized carbons (Fsp3) is 0.143. The summed E-state index contributed by atoms with van der Waals surface area (Å²) in [5, 5.41) is 3.35. The topological polar surface area (TPSA) is 38.0 Å². The van der Waals surface area contributed by atoms with Gasteiger partial charge in [-0.2, -0.15) is 0 Å². The number of benzene rings is 2. The molecule has 0 atom stereocenters. The zero-order valence-corrected chi connectivity index (χ0v) is 9.40. The van der Waals surface area contributed by atoms with E-state index >= 15 is 0 Å². The van der Waals surface area contributed by atoms with Crippen LogP contribution in [0, 0.1) is 6.92 Å². The minimum Gasteiger partial charge on any atom is -0.398 e. The van der Waals surface area contributed by atoms with Crippen LogP contribution in [0.25, 0.3) is 0 Å². The molecule has 0 saturated carbocycles. The van der Waals surface area contributed by atoms with Crippen LogP contribution >= 0.6 is 0 Å². The summed E-state index contributed by atoms with van der Waals surface area (Å²) >= 11 is 0. The number of aryl methyl sites for hydroxylation is 1. The van der Waals surface area contributed by atoms with Crippen molar-refractivity contribution in [1.82, 2.24) is 0 Å². The second-order valence-electron chi connectivity index (χ2n) is 3.87. The van der Waals surface area contributed by atoms with Crippen LogP contribution in [0.2, 0.25) is 0 Å². The van der Waals surface area contributed by atoms with Gasteiger partial charge in [0.15, 0.2) is 0 Å². The van der Waals surface area contributed by atoms with E-state index in [0.717, 1.165) is 29.0 Å². The number of nitrogens with one attached hydrogen (secondary N) is 1. The molecule has 0 unspecified atom stereocenters. The van der Waals surface area contributed by atoms with E-state index in [2.05, 4.69) is 11.4 Å². The largest absolute Gasteiger partial charge is 0.398 e. The average Bonchev–Trinajstić information content (AvgIpc) is 2.32. The molecule has 2 heteroatoms. The smallest absolute Gasteiger partial charge is 0.0421 e. The number of para-hydroxylation sites is 2. The Balaban J connectivity index is 2.08. The van der Waals surface area contributed by atoms with E-state index in [0.29, 0.717) is 0 Å². The van der Waals surface area contributed by atoms with Crippen molar-refractivity contribution in [3.63, 3.8) is 0 Å². The number of hydrogen-bond donors (Lipinski definition) is 2. The van der Waals surface area contributed by atoms with Crippen LogP contribution in [-0.4, -0.2) is 0 Å². The minimum absolute atomic E-state index is 0.761. The molecule has 0 saturated heterocycles. The molecule has 0 aromatic heterocycles. The number of nitrogens with two attached hydrogens (primary N) is 1. The number of anilines is 2. The summed E-state index contributed by atoms with van der Waals surface area (Å²) in [6, 6.07) is 16.3. The van der Waals surface area contributed by atoms with Crippen molar-refractivity contribution in [1.29, 1.82) is 0 Å². The summed E-state index contributed by atoms with van der Waals surface area (Å²) in [6.45, 7) is 2.79. The zero-order chi connectivity index (χ0) is 11.4. The normalized spacial score (nSPS) is 10.1. The highest BCUT2D eigenvalue weighted by atomic mass is 14.9. The minimum atomic E-state index is 0.761. The number of rotatable bonds is 3. The summed E-state index contributed by atoms with van der Waals surface area (Å²) in [5.41, 5.74) is 10.3. The van der Waals surface area contributed by atoms with Gasteiger partial charge in [0.05, 0.1) is 0 Å². The fourth-order valence-electron chi connectivity index (χ4n) is 1.65. The molecule has 2 aromatic carbocycles. The Bertz CT molecular complexity index is 463. The lowest BCUT2D eigenvalue weighted by Gasteiger charge is -2.10. The Kier molecular flexibility index (Phi) is 3.10. The summed E-state index contributed by atoms with van der Waals surface area (Å²) in [6.07, 6.45) is 0. The van der Waals surface area contributed by atoms with Gasteiger partial charge in [-0.25, -0.2) is 0 Å². The zero-order valence-electron chi connectivity index (χ0n) is 9.40. The van der Waals surface area contributed by atoms with Crippen molar-refractivity contribution in [2.45, 2.75) is 13.5 Å². The summed E-state index contributed by atoms with van der Waals surface area (Å²) < 4.78 is 0. The number of nitrogen functional groups attached to an aromatic ring is 1. The van der Waals surface area contributed by atoms with Crippen LogP contribution in [-0.2, 0) is 6.54 Å². The Hall–Kier alpha value is -1.96. The average molecular weight is 212 g/mol. The molecule has 3 N–H and O–H groups in total. The van der Waals surface area contributed by atoms with Gasteiger partial charge >= 0.3 is 0 Å². The molecule has 0 bridgehead atoms. The highest BCUT2D eigenvalue weighted by Gasteiger charge is 2.00. The van der Waals surface area contributed by atoms with Gasteiger partial charge in [0, 0.05) is 17.9 Å². The molecule has 0 aliphatic heterocycles. The molecule has 16 heavy (non-hydrogen) atoms. The lowest BCUT2D eigenvalue weighted by Crippen LogP contribution is -2.03. The second-order valence-corrected chi connectivity index (χ2v) is 3.87. The summed E-state index contributed by atoms with van der Waals surface area (Å²) in [7, 11) is 0. The molecule has 2 nitrogen and oxygen atoms in total. The van der Waals surface area contributed by atoms with E-state index in [-0.39, 0.29) is 0 Å². The highest BCUT2D eigenvalue weighted by Crippen LogP contribution is 2.17. The third kappa shape index (κ3) is 2.34. The molecule has 0 aliphatic rings. The molecule has 0 spiro atoms. The second kappa shape index (κ2) is 4.71. The van der Waals surface area contributed by atoms with E-state index in [1.165, 1.54) is 0 Å². The molecule has 0 fully saturated rings. The van der Waals surface area contributed by atoms with Crippen LogP contribution < -0.4 is 11.1 Å². The molecule has 2 aromatic rings. The first-order chi connectivity index (χ1) is 7.77. The lowest BCUT2D eigenvalue weighted by molar-refractivity contribution is 1.15. The molecule has 82 valence electrons. The van der Waals surface area contributed by atoms with Crippen LogP contribution in [0.1, 0.15) is 11.1 Å². The van der Waals surface area contributed by atoms with Gasteiger partial charge in [-0.05, 0) is 30.2 Å². The van der Waals surface area contributed by atoms with Crippen molar-refractivity contribution in [2.75, 3.05) is 11.1 Å². The van der Waals surface area contributed by atoms with E-state index < -0.39 is 0 Å². The maximum absolute atomic E-state index is 6.01. The molecular formula is C14H16N2. The molecule has 0 aliphatic carbocycles.